The van der Waals surface area contributed by atoms with Crippen LogP contribution in [0.5, 0.6) is 0 Å². The van der Waals surface area contributed by atoms with Gasteiger partial charge in [-0.25, -0.2) is 4.98 Å². The molecule has 1 aromatic heterocycles. The Balaban J connectivity index is 2.38. The molecule has 19 heavy (non-hydrogen) atoms. The normalized spacial score (nSPS) is 10.3. The molecule has 0 N–H and O–H groups in total. The molecule has 0 saturated carbocycles. The lowest BCUT2D eigenvalue weighted by Gasteiger charge is -2.16. The van der Waals surface area contributed by atoms with E-state index < -0.39 is 0 Å². The van der Waals surface area contributed by atoms with Crippen LogP contribution in [-0.2, 0) is 6.42 Å². The van der Waals surface area contributed by atoms with Crippen molar-refractivity contribution >= 4 is 33.1 Å². The first kappa shape index (κ1) is 14.2. The summed E-state index contributed by atoms with van der Waals surface area (Å²) < 4.78 is 0.837. The van der Waals surface area contributed by atoms with Crippen LogP contribution >= 0.6 is 28.1 Å². The molecule has 0 fully saturated rings. The SMILES string of the molecule is CN(C)C(=S)c1ccc(Br)nc1Cc1ccccc1. The Hall–Kier alpha value is -1.26. The second kappa shape index (κ2) is 6.26. The summed E-state index contributed by atoms with van der Waals surface area (Å²) >= 11 is 8.89. The van der Waals surface area contributed by atoms with Crippen molar-refractivity contribution in [2.45, 2.75) is 6.42 Å². The molecule has 0 spiro atoms. The van der Waals surface area contributed by atoms with Gasteiger partial charge < -0.3 is 4.90 Å². The maximum absolute atomic E-state index is 5.46. The predicted molar refractivity (Wildman–Crippen MR) is 86.6 cm³/mol. The third-order valence-electron chi connectivity index (χ3n) is 2.79. The van der Waals surface area contributed by atoms with Crippen molar-refractivity contribution in [3.63, 3.8) is 0 Å². The van der Waals surface area contributed by atoms with Gasteiger partial charge in [0.1, 0.15) is 9.59 Å². The standard InChI is InChI=1S/C15H15BrN2S/c1-18(2)15(19)12-8-9-14(16)17-13(12)10-11-6-4-3-5-7-11/h3-9H,10H2,1-2H3. The summed E-state index contributed by atoms with van der Waals surface area (Å²) in [5.41, 5.74) is 3.25. The topological polar surface area (TPSA) is 16.1 Å². The molecule has 0 unspecified atom stereocenters. The maximum atomic E-state index is 5.46. The highest BCUT2D eigenvalue weighted by atomic mass is 79.9. The average Bonchev–Trinajstić information content (AvgIpc) is 2.39. The van der Waals surface area contributed by atoms with Gasteiger partial charge >= 0.3 is 0 Å². The van der Waals surface area contributed by atoms with Crippen molar-refractivity contribution in [2.75, 3.05) is 14.1 Å². The molecule has 0 aliphatic carbocycles. The van der Waals surface area contributed by atoms with E-state index in [1.54, 1.807) is 0 Å². The van der Waals surface area contributed by atoms with Crippen LogP contribution in [0.25, 0.3) is 0 Å². The summed E-state index contributed by atoms with van der Waals surface area (Å²) in [5.74, 6) is 0. The monoisotopic (exact) mass is 334 g/mol. The molecule has 2 nitrogen and oxygen atoms in total. The van der Waals surface area contributed by atoms with E-state index in [0.717, 1.165) is 27.3 Å². The van der Waals surface area contributed by atoms with Gasteiger partial charge in [0.05, 0.1) is 5.69 Å². The zero-order valence-electron chi connectivity index (χ0n) is 10.9. The Bertz CT molecular complexity index is 582. The minimum Gasteiger partial charge on any atom is -0.368 e. The molecule has 98 valence electrons. The number of thiocarbonyl (C=S) groups is 1. The quantitative estimate of drug-likeness (QED) is 0.629. The Morgan fingerprint density at radius 1 is 1.16 bits per heavy atom. The highest BCUT2D eigenvalue weighted by Crippen LogP contribution is 2.18. The van der Waals surface area contributed by atoms with E-state index in [1.165, 1.54) is 5.56 Å². The zero-order chi connectivity index (χ0) is 13.8. The molecule has 0 radical (unpaired) electrons. The molecule has 0 saturated heterocycles. The predicted octanol–water partition coefficient (Wildman–Crippen LogP) is 3.67. The van der Waals surface area contributed by atoms with Crippen molar-refractivity contribution in [2.24, 2.45) is 0 Å². The van der Waals surface area contributed by atoms with Gasteiger partial charge in [-0.3, -0.25) is 0 Å². The average molecular weight is 335 g/mol. The first-order valence-electron chi connectivity index (χ1n) is 5.99. The highest BCUT2D eigenvalue weighted by molar-refractivity contribution is 9.10. The number of pyridine rings is 1. The Morgan fingerprint density at radius 2 is 1.84 bits per heavy atom. The first-order valence-corrected chi connectivity index (χ1v) is 7.19. The van der Waals surface area contributed by atoms with Gasteiger partial charge in [-0.05, 0) is 33.6 Å². The molecule has 1 aromatic carbocycles. The van der Waals surface area contributed by atoms with E-state index >= 15 is 0 Å². The van der Waals surface area contributed by atoms with Gasteiger partial charge in [0.25, 0.3) is 0 Å². The Morgan fingerprint density at radius 3 is 2.47 bits per heavy atom. The zero-order valence-corrected chi connectivity index (χ0v) is 13.3. The number of hydrogen-bond acceptors (Lipinski definition) is 2. The largest absolute Gasteiger partial charge is 0.368 e. The van der Waals surface area contributed by atoms with E-state index in [4.69, 9.17) is 12.2 Å². The molecule has 2 aromatic rings. The lowest BCUT2D eigenvalue weighted by molar-refractivity contribution is 0.635. The minimum atomic E-state index is 0.781. The van der Waals surface area contributed by atoms with Crippen molar-refractivity contribution < 1.29 is 0 Å². The van der Waals surface area contributed by atoms with E-state index in [2.05, 4.69) is 33.0 Å². The van der Waals surface area contributed by atoms with E-state index in [9.17, 15) is 0 Å². The van der Waals surface area contributed by atoms with Gasteiger partial charge in [-0.2, -0.15) is 0 Å². The second-order valence-electron chi connectivity index (χ2n) is 4.49. The van der Waals surface area contributed by atoms with Crippen molar-refractivity contribution in [3.05, 3.63) is 63.9 Å². The first-order chi connectivity index (χ1) is 9.08. The summed E-state index contributed by atoms with van der Waals surface area (Å²) in [4.78, 5) is 7.32. The molecule has 0 amide bonds. The molecule has 4 heteroatoms. The van der Waals surface area contributed by atoms with Crippen molar-refractivity contribution in [1.29, 1.82) is 0 Å². The fourth-order valence-corrected chi connectivity index (χ4v) is 2.37. The molecule has 0 bridgehead atoms. The number of aromatic nitrogens is 1. The highest BCUT2D eigenvalue weighted by Gasteiger charge is 2.12. The third kappa shape index (κ3) is 3.61. The van der Waals surface area contributed by atoms with Crippen LogP contribution in [0.2, 0.25) is 0 Å². The molecule has 0 aliphatic heterocycles. The number of hydrogen-bond donors (Lipinski definition) is 0. The van der Waals surface area contributed by atoms with Gasteiger partial charge in [-0.1, -0.05) is 42.5 Å². The molecule has 1 heterocycles. The third-order valence-corrected chi connectivity index (χ3v) is 3.82. The summed E-state index contributed by atoms with van der Waals surface area (Å²) in [6.07, 6.45) is 0.781. The molecule has 0 atom stereocenters. The maximum Gasteiger partial charge on any atom is 0.110 e. The van der Waals surface area contributed by atoms with Crippen molar-refractivity contribution in [3.8, 4) is 0 Å². The molecular formula is C15H15BrN2S. The summed E-state index contributed by atoms with van der Waals surface area (Å²) in [7, 11) is 3.91. The summed E-state index contributed by atoms with van der Waals surface area (Å²) in [5, 5.41) is 0. The summed E-state index contributed by atoms with van der Waals surface area (Å²) in [6, 6.07) is 14.3. The van der Waals surface area contributed by atoms with Crippen LogP contribution in [-0.4, -0.2) is 29.0 Å². The number of benzene rings is 1. The Kier molecular flexibility index (Phi) is 4.66. The van der Waals surface area contributed by atoms with Crippen LogP contribution < -0.4 is 0 Å². The molecule has 0 aliphatic rings. The fourth-order valence-electron chi connectivity index (χ4n) is 1.83. The number of nitrogens with zero attached hydrogens (tertiary/aromatic N) is 2. The smallest absolute Gasteiger partial charge is 0.110 e. The van der Waals surface area contributed by atoms with Gasteiger partial charge in [0.2, 0.25) is 0 Å². The lowest BCUT2D eigenvalue weighted by atomic mass is 10.0. The van der Waals surface area contributed by atoms with E-state index in [-0.39, 0.29) is 0 Å². The molecule has 2 rings (SSSR count). The van der Waals surface area contributed by atoms with Crippen LogP contribution in [0.4, 0.5) is 0 Å². The van der Waals surface area contributed by atoms with Gasteiger partial charge in [0.15, 0.2) is 0 Å². The minimum absolute atomic E-state index is 0.781. The summed E-state index contributed by atoms with van der Waals surface area (Å²) in [6.45, 7) is 0. The van der Waals surface area contributed by atoms with Crippen molar-refractivity contribution in [1.82, 2.24) is 9.88 Å². The lowest BCUT2D eigenvalue weighted by Crippen LogP contribution is -2.22. The number of halogens is 1. The second-order valence-corrected chi connectivity index (χ2v) is 5.69. The molecular weight excluding hydrogens is 320 g/mol. The van der Waals surface area contributed by atoms with E-state index in [1.807, 2.05) is 49.3 Å². The van der Waals surface area contributed by atoms with Crippen LogP contribution in [0.15, 0.2) is 47.1 Å². The van der Waals surface area contributed by atoms with Crippen LogP contribution in [0.1, 0.15) is 16.8 Å². The number of rotatable bonds is 3. The van der Waals surface area contributed by atoms with Gasteiger partial charge in [0, 0.05) is 26.1 Å². The van der Waals surface area contributed by atoms with Crippen LogP contribution in [0.3, 0.4) is 0 Å². The van der Waals surface area contributed by atoms with Gasteiger partial charge in [-0.15, -0.1) is 0 Å². The fraction of sp³-hybridized carbons (Fsp3) is 0.200. The van der Waals surface area contributed by atoms with E-state index in [0.29, 0.717) is 0 Å². The Labute approximate surface area is 127 Å². The van der Waals surface area contributed by atoms with Crippen LogP contribution in [0, 0.1) is 0 Å².